The Kier molecular flexibility index (Phi) is 7.45. The summed E-state index contributed by atoms with van der Waals surface area (Å²) in [6, 6.07) is 0. The van der Waals surface area contributed by atoms with Gasteiger partial charge in [-0.15, -0.1) is 0 Å². The predicted octanol–water partition coefficient (Wildman–Crippen LogP) is 5.96. The third-order valence-corrected chi connectivity index (χ3v) is 4.70. The second kappa shape index (κ2) is 8.58. The van der Waals surface area contributed by atoms with Crippen molar-refractivity contribution in [2.24, 2.45) is 5.92 Å². The van der Waals surface area contributed by atoms with Gasteiger partial charge < -0.3 is 5.11 Å². The lowest BCUT2D eigenvalue weighted by Crippen LogP contribution is -2.30. The molecular weight excluding hydrogens is 256 g/mol. The summed E-state index contributed by atoms with van der Waals surface area (Å²) in [6.07, 6.45) is 14.9. The van der Waals surface area contributed by atoms with Gasteiger partial charge in [-0.2, -0.15) is 0 Å². The topological polar surface area (TPSA) is 20.2 Å². The van der Waals surface area contributed by atoms with E-state index in [0.29, 0.717) is 5.92 Å². The minimum Gasteiger partial charge on any atom is -0.390 e. The average molecular weight is 290 g/mol. The maximum absolute atomic E-state index is 10.4. The van der Waals surface area contributed by atoms with Crippen LogP contribution in [0.2, 0.25) is 0 Å². The van der Waals surface area contributed by atoms with E-state index in [9.17, 15) is 5.11 Å². The second-order valence-electron chi connectivity index (χ2n) is 7.35. The Hall–Kier alpha value is -0.820. The van der Waals surface area contributed by atoms with Crippen LogP contribution in [0.15, 0.2) is 34.9 Å². The number of rotatable bonds is 1. The largest absolute Gasteiger partial charge is 0.390 e. The van der Waals surface area contributed by atoms with Gasteiger partial charge in [0.25, 0.3) is 0 Å². The molecule has 1 aliphatic carbocycles. The van der Waals surface area contributed by atoms with Gasteiger partial charge in [0.05, 0.1) is 5.60 Å². The molecule has 1 atom stereocenters. The monoisotopic (exact) mass is 290 g/mol. The van der Waals surface area contributed by atoms with E-state index in [0.717, 1.165) is 38.5 Å². The zero-order valence-corrected chi connectivity index (χ0v) is 14.7. The van der Waals surface area contributed by atoms with Crippen LogP contribution in [-0.2, 0) is 0 Å². The SMILES string of the molecule is CC1=CCCC(C)=CC[C@@H](C(C)(C)O)CCC(C)=CCC1. The molecule has 0 spiro atoms. The van der Waals surface area contributed by atoms with Gasteiger partial charge >= 0.3 is 0 Å². The summed E-state index contributed by atoms with van der Waals surface area (Å²) in [5.41, 5.74) is 3.84. The molecule has 1 rings (SSSR count). The van der Waals surface area contributed by atoms with Crippen molar-refractivity contribution in [3.8, 4) is 0 Å². The van der Waals surface area contributed by atoms with Crippen molar-refractivity contribution in [3.63, 3.8) is 0 Å². The molecule has 1 nitrogen and oxygen atoms in total. The first-order valence-corrected chi connectivity index (χ1v) is 8.48. The third kappa shape index (κ3) is 7.66. The zero-order chi connectivity index (χ0) is 15.9. The molecule has 1 aliphatic rings. The quantitative estimate of drug-likeness (QED) is 0.591. The maximum Gasteiger partial charge on any atom is 0.0622 e. The summed E-state index contributed by atoms with van der Waals surface area (Å²) < 4.78 is 0. The third-order valence-electron chi connectivity index (χ3n) is 4.70. The minimum absolute atomic E-state index is 0.344. The minimum atomic E-state index is -0.593. The molecule has 0 heterocycles. The Morgan fingerprint density at radius 1 is 0.857 bits per heavy atom. The van der Waals surface area contributed by atoms with Gasteiger partial charge in [0.2, 0.25) is 0 Å². The Bertz CT molecular complexity index is 404. The normalized spacial score (nSPS) is 23.7. The van der Waals surface area contributed by atoms with Crippen molar-refractivity contribution in [1.29, 1.82) is 0 Å². The highest BCUT2D eigenvalue weighted by Gasteiger charge is 2.25. The Balaban J connectivity index is 2.83. The van der Waals surface area contributed by atoms with E-state index in [1.54, 1.807) is 0 Å². The van der Waals surface area contributed by atoms with Crippen molar-refractivity contribution >= 4 is 0 Å². The van der Waals surface area contributed by atoms with E-state index in [1.165, 1.54) is 23.1 Å². The van der Waals surface area contributed by atoms with Gasteiger partial charge in [-0.3, -0.25) is 0 Å². The van der Waals surface area contributed by atoms with Crippen molar-refractivity contribution in [2.75, 3.05) is 0 Å². The number of aliphatic hydroxyl groups is 1. The molecular formula is C20H34O. The fraction of sp³-hybridized carbons (Fsp3) is 0.700. The molecule has 1 N–H and O–H groups in total. The molecule has 1 heteroatoms. The highest BCUT2D eigenvalue weighted by Crippen LogP contribution is 2.28. The Labute approximate surface area is 131 Å². The first-order valence-electron chi connectivity index (χ1n) is 8.48. The van der Waals surface area contributed by atoms with Gasteiger partial charge in [0.15, 0.2) is 0 Å². The molecule has 0 fully saturated rings. The van der Waals surface area contributed by atoms with E-state index in [4.69, 9.17) is 0 Å². The van der Waals surface area contributed by atoms with Crippen LogP contribution in [0.4, 0.5) is 0 Å². The molecule has 120 valence electrons. The fourth-order valence-electron chi connectivity index (χ4n) is 2.90. The molecule has 0 saturated carbocycles. The van der Waals surface area contributed by atoms with Crippen LogP contribution in [0, 0.1) is 5.92 Å². The summed E-state index contributed by atoms with van der Waals surface area (Å²) in [4.78, 5) is 0. The van der Waals surface area contributed by atoms with E-state index < -0.39 is 5.60 Å². The van der Waals surface area contributed by atoms with Crippen LogP contribution >= 0.6 is 0 Å². The molecule has 21 heavy (non-hydrogen) atoms. The molecule has 0 unspecified atom stereocenters. The maximum atomic E-state index is 10.4. The van der Waals surface area contributed by atoms with Crippen molar-refractivity contribution in [1.82, 2.24) is 0 Å². The van der Waals surface area contributed by atoms with Crippen LogP contribution in [-0.4, -0.2) is 10.7 Å². The number of hydrogen-bond donors (Lipinski definition) is 1. The summed E-state index contributed by atoms with van der Waals surface area (Å²) in [5.74, 6) is 0.344. The van der Waals surface area contributed by atoms with Crippen LogP contribution < -0.4 is 0 Å². The average Bonchev–Trinajstić information content (AvgIpc) is 2.36. The molecule has 0 bridgehead atoms. The summed E-state index contributed by atoms with van der Waals surface area (Å²) in [6.45, 7) is 10.6. The van der Waals surface area contributed by atoms with E-state index in [-0.39, 0.29) is 0 Å². The summed E-state index contributed by atoms with van der Waals surface area (Å²) >= 11 is 0. The summed E-state index contributed by atoms with van der Waals surface area (Å²) in [7, 11) is 0. The second-order valence-corrected chi connectivity index (χ2v) is 7.35. The molecule has 0 amide bonds. The van der Waals surface area contributed by atoms with Gasteiger partial charge in [0.1, 0.15) is 0 Å². The first kappa shape index (κ1) is 18.2. The van der Waals surface area contributed by atoms with Crippen LogP contribution in [0.25, 0.3) is 0 Å². The molecule has 0 radical (unpaired) electrons. The molecule has 0 aromatic rings. The Morgan fingerprint density at radius 3 is 1.86 bits per heavy atom. The standard InChI is InChI=1S/C20H34O/c1-16-8-6-10-17(2)12-14-19(20(4,5)21)15-13-18(3)11-7-9-16/h8,11-12,19,21H,6-7,9-10,13-15H2,1-5H3/t19-/m1/s1. The lowest BCUT2D eigenvalue weighted by atomic mass is 9.83. The molecule has 0 aliphatic heterocycles. The first-order chi connectivity index (χ1) is 9.79. The molecule has 0 saturated heterocycles. The van der Waals surface area contributed by atoms with E-state index in [1.807, 2.05) is 13.8 Å². The molecule has 0 aromatic carbocycles. The van der Waals surface area contributed by atoms with Crippen LogP contribution in [0.3, 0.4) is 0 Å². The molecule has 0 aromatic heterocycles. The predicted molar refractivity (Wildman–Crippen MR) is 93.4 cm³/mol. The Morgan fingerprint density at radius 2 is 1.33 bits per heavy atom. The fourth-order valence-corrected chi connectivity index (χ4v) is 2.90. The smallest absolute Gasteiger partial charge is 0.0622 e. The number of allylic oxidation sites excluding steroid dienone is 6. The highest BCUT2D eigenvalue weighted by molar-refractivity contribution is 5.07. The zero-order valence-electron chi connectivity index (χ0n) is 14.7. The van der Waals surface area contributed by atoms with Gasteiger partial charge in [0, 0.05) is 0 Å². The van der Waals surface area contributed by atoms with Crippen LogP contribution in [0.5, 0.6) is 0 Å². The highest BCUT2D eigenvalue weighted by atomic mass is 16.3. The van der Waals surface area contributed by atoms with E-state index in [2.05, 4.69) is 39.0 Å². The lowest BCUT2D eigenvalue weighted by molar-refractivity contribution is 0.0145. The van der Waals surface area contributed by atoms with Gasteiger partial charge in [-0.25, -0.2) is 0 Å². The van der Waals surface area contributed by atoms with Gasteiger partial charge in [-0.1, -0.05) is 34.9 Å². The van der Waals surface area contributed by atoms with Crippen molar-refractivity contribution in [3.05, 3.63) is 34.9 Å². The van der Waals surface area contributed by atoms with Crippen molar-refractivity contribution in [2.45, 2.75) is 85.2 Å². The van der Waals surface area contributed by atoms with Gasteiger partial charge in [-0.05, 0) is 85.5 Å². The van der Waals surface area contributed by atoms with E-state index >= 15 is 0 Å². The lowest BCUT2D eigenvalue weighted by Gasteiger charge is -2.29. The van der Waals surface area contributed by atoms with Crippen molar-refractivity contribution < 1.29 is 5.11 Å². The number of hydrogen-bond acceptors (Lipinski definition) is 1. The summed E-state index contributed by atoms with van der Waals surface area (Å²) in [5, 5.41) is 10.4. The van der Waals surface area contributed by atoms with Crippen LogP contribution in [0.1, 0.15) is 79.6 Å².